The third kappa shape index (κ3) is 8.50. The number of hydrogen-bond acceptors (Lipinski definition) is 5. The molecule has 2 aromatic rings. The fourth-order valence-corrected chi connectivity index (χ4v) is 6.64. The topological polar surface area (TPSA) is 61.8 Å². The maximum absolute atomic E-state index is 12.6. The Hall–Kier alpha value is -1.99. The van der Waals surface area contributed by atoms with Crippen LogP contribution >= 0.6 is 23.5 Å². The van der Waals surface area contributed by atoms with Gasteiger partial charge in [-0.25, -0.2) is 0 Å². The van der Waals surface area contributed by atoms with E-state index in [1.165, 1.54) is 23.1 Å². The number of halogens is 1. The van der Waals surface area contributed by atoms with Gasteiger partial charge in [0.1, 0.15) is 5.75 Å². The first-order valence-corrected chi connectivity index (χ1v) is 15.7. The van der Waals surface area contributed by atoms with Gasteiger partial charge in [0.2, 0.25) is 0 Å². The van der Waals surface area contributed by atoms with Gasteiger partial charge in [-0.1, -0.05) is 50.1 Å². The number of carbonyl (C=O) groups excluding carboxylic acids is 1. The van der Waals surface area contributed by atoms with Crippen molar-refractivity contribution in [3.05, 3.63) is 76.3 Å². The number of ether oxygens (including phenoxy) is 1. The highest BCUT2D eigenvalue weighted by molar-refractivity contribution is 7.97. The van der Waals surface area contributed by atoms with Crippen molar-refractivity contribution in [1.29, 1.82) is 0 Å². The standard InChI is InChI=1S/C32H43ClN2O3S/c1-4-6-24-17-27(33)12-16-29(24)26-19-35(3)18-25-11-15-30(25)31(36)8-5-7-22(2)21-39-34-32(37)23-9-13-28(14-10-23)38-20-26/h5,8-10,12-14,16-17,22,25-26,30-31,36H,4,6-7,11,15,18-21H2,1-3H3,(H,34,37)/b8-5+/t22?,25?,26?,30-,31?/m1/s1. The average Bonchev–Trinajstić information content (AvgIpc) is 2.89. The van der Waals surface area contributed by atoms with Gasteiger partial charge < -0.3 is 14.7 Å². The smallest absolute Gasteiger partial charge is 0.261 e. The molecule has 0 saturated heterocycles. The van der Waals surface area contributed by atoms with E-state index in [0.29, 0.717) is 29.9 Å². The van der Waals surface area contributed by atoms with Gasteiger partial charge in [0.15, 0.2) is 0 Å². The summed E-state index contributed by atoms with van der Waals surface area (Å²) < 4.78 is 9.27. The Balaban J connectivity index is 1.56. The molecular weight excluding hydrogens is 528 g/mol. The number of aliphatic hydroxyl groups excluding tert-OH is 1. The Labute approximate surface area is 243 Å². The van der Waals surface area contributed by atoms with Gasteiger partial charge in [-0.05, 0) is 110 Å². The predicted molar refractivity (Wildman–Crippen MR) is 163 cm³/mol. The average molecular weight is 571 g/mol. The number of fused-ring (bicyclic) bond motifs is 14. The van der Waals surface area contributed by atoms with Gasteiger partial charge in [0, 0.05) is 35.3 Å². The lowest BCUT2D eigenvalue weighted by molar-refractivity contribution is 0.0246. The predicted octanol–water partition coefficient (Wildman–Crippen LogP) is 6.75. The fourth-order valence-electron chi connectivity index (χ4n) is 5.69. The van der Waals surface area contributed by atoms with Gasteiger partial charge in [0.25, 0.3) is 5.91 Å². The van der Waals surface area contributed by atoms with Crippen molar-refractivity contribution in [1.82, 2.24) is 9.62 Å². The quantitative estimate of drug-likeness (QED) is 0.316. The number of likely N-dealkylation sites (N-methyl/N-ethyl adjacent to an activating group) is 1. The van der Waals surface area contributed by atoms with E-state index in [0.717, 1.165) is 61.7 Å². The van der Waals surface area contributed by atoms with Crippen LogP contribution < -0.4 is 9.46 Å². The van der Waals surface area contributed by atoms with E-state index < -0.39 is 6.10 Å². The van der Waals surface area contributed by atoms with Crippen molar-refractivity contribution < 1.29 is 14.6 Å². The number of carbonyl (C=O) groups is 1. The lowest BCUT2D eigenvalue weighted by atomic mass is 9.70. The summed E-state index contributed by atoms with van der Waals surface area (Å²) in [5.74, 6) is 2.82. The molecule has 0 radical (unpaired) electrons. The molecule has 2 aromatic carbocycles. The molecule has 3 aliphatic rings. The molecule has 0 spiro atoms. The van der Waals surface area contributed by atoms with E-state index in [1.54, 1.807) is 0 Å². The molecule has 2 N–H and O–H groups in total. The van der Waals surface area contributed by atoms with Gasteiger partial charge >= 0.3 is 0 Å². The zero-order valence-electron chi connectivity index (χ0n) is 23.4. The summed E-state index contributed by atoms with van der Waals surface area (Å²) in [6.45, 7) is 6.70. The van der Waals surface area contributed by atoms with Gasteiger partial charge in [-0.3, -0.25) is 9.52 Å². The summed E-state index contributed by atoms with van der Waals surface area (Å²) in [5.41, 5.74) is 3.17. The van der Waals surface area contributed by atoms with Crippen molar-refractivity contribution in [2.45, 2.75) is 58.0 Å². The number of benzene rings is 2. The Morgan fingerprint density at radius 3 is 2.67 bits per heavy atom. The Kier molecular flexibility index (Phi) is 11.2. The summed E-state index contributed by atoms with van der Waals surface area (Å²) >= 11 is 7.82. The van der Waals surface area contributed by atoms with E-state index in [2.05, 4.69) is 48.7 Å². The van der Waals surface area contributed by atoms with Crippen molar-refractivity contribution in [3.63, 3.8) is 0 Å². The van der Waals surface area contributed by atoms with E-state index in [4.69, 9.17) is 16.3 Å². The van der Waals surface area contributed by atoms with Crippen molar-refractivity contribution >= 4 is 29.5 Å². The van der Waals surface area contributed by atoms with Crippen LogP contribution in [0, 0.1) is 17.8 Å². The third-order valence-electron chi connectivity index (χ3n) is 8.03. The second-order valence-electron chi connectivity index (χ2n) is 11.3. The minimum Gasteiger partial charge on any atom is -0.493 e. The van der Waals surface area contributed by atoms with Crippen molar-refractivity contribution in [2.24, 2.45) is 17.8 Å². The van der Waals surface area contributed by atoms with Crippen molar-refractivity contribution in [2.75, 3.05) is 32.5 Å². The molecule has 0 aromatic heterocycles. The monoisotopic (exact) mass is 570 g/mol. The normalized spacial score (nSPS) is 28.3. The summed E-state index contributed by atoms with van der Waals surface area (Å²) in [6, 6.07) is 13.6. The summed E-state index contributed by atoms with van der Waals surface area (Å²) in [6.07, 6.45) is 8.82. The molecule has 2 heterocycles. The first-order chi connectivity index (χ1) is 18.8. The minimum absolute atomic E-state index is 0.100. The molecule has 1 saturated carbocycles. The second-order valence-corrected chi connectivity index (χ2v) is 12.6. The zero-order valence-corrected chi connectivity index (χ0v) is 25.0. The number of nitrogens with zero attached hydrogens (tertiary/aromatic N) is 1. The first kappa shape index (κ1) is 30.0. The largest absolute Gasteiger partial charge is 0.493 e. The number of aliphatic hydroxyl groups is 1. The van der Waals surface area contributed by atoms with Crippen LogP contribution in [0.4, 0.5) is 0 Å². The van der Waals surface area contributed by atoms with Crippen LogP contribution in [0.25, 0.3) is 0 Å². The van der Waals surface area contributed by atoms with E-state index >= 15 is 0 Å². The molecule has 4 unspecified atom stereocenters. The lowest BCUT2D eigenvalue weighted by Gasteiger charge is -2.41. The van der Waals surface area contributed by atoms with Crippen LogP contribution in [0.2, 0.25) is 5.02 Å². The maximum atomic E-state index is 12.6. The van der Waals surface area contributed by atoms with Gasteiger partial charge in [-0.2, -0.15) is 0 Å². The molecule has 2 bridgehead atoms. The minimum atomic E-state index is -0.405. The second kappa shape index (κ2) is 14.6. The number of rotatable bonds is 3. The first-order valence-electron chi connectivity index (χ1n) is 14.3. The molecule has 7 heteroatoms. The number of nitrogens with one attached hydrogen (secondary N) is 1. The van der Waals surface area contributed by atoms with Gasteiger partial charge in [-0.15, -0.1) is 0 Å². The zero-order chi connectivity index (χ0) is 27.8. The molecule has 1 amide bonds. The molecule has 1 fully saturated rings. The SMILES string of the molecule is CCCc1cc(Cl)ccc1C1COc2ccc(cc2)C(=O)NSCC(C)C/C=C/C(O)[C@@H]2CCC2CN(C)C1. The molecule has 5 rings (SSSR count). The van der Waals surface area contributed by atoms with E-state index in [1.807, 2.05) is 36.4 Å². The number of aryl methyl sites for hydroxylation is 1. The Morgan fingerprint density at radius 2 is 1.95 bits per heavy atom. The molecular formula is C32H43ClN2O3S. The van der Waals surface area contributed by atoms with Crippen LogP contribution in [-0.2, 0) is 6.42 Å². The van der Waals surface area contributed by atoms with Gasteiger partial charge in [0.05, 0.1) is 12.7 Å². The van der Waals surface area contributed by atoms with Crippen LogP contribution in [0.1, 0.15) is 66.9 Å². The van der Waals surface area contributed by atoms with Crippen molar-refractivity contribution in [3.8, 4) is 5.75 Å². The fraction of sp³-hybridized carbons (Fsp3) is 0.531. The molecule has 212 valence electrons. The van der Waals surface area contributed by atoms with Crippen LogP contribution in [0.3, 0.4) is 0 Å². The molecule has 1 aliphatic carbocycles. The summed E-state index contributed by atoms with van der Waals surface area (Å²) in [7, 11) is 2.18. The van der Waals surface area contributed by atoms with Crippen LogP contribution in [0.5, 0.6) is 5.75 Å². The maximum Gasteiger partial charge on any atom is 0.261 e. The highest BCUT2D eigenvalue weighted by Crippen LogP contribution is 2.38. The lowest BCUT2D eigenvalue weighted by Crippen LogP contribution is -2.42. The Morgan fingerprint density at radius 1 is 1.15 bits per heavy atom. The summed E-state index contributed by atoms with van der Waals surface area (Å²) in [5, 5.41) is 11.7. The Bertz CT molecular complexity index is 1110. The third-order valence-corrected chi connectivity index (χ3v) is 9.33. The number of hydrogen-bond donors (Lipinski definition) is 2. The summed E-state index contributed by atoms with van der Waals surface area (Å²) in [4.78, 5) is 15.0. The molecule has 5 nitrogen and oxygen atoms in total. The van der Waals surface area contributed by atoms with Crippen LogP contribution in [0.15, 0.2) is 54.6 Å². The molecule has 39 heavy (non-hydrogen) atoms. The van der Waals surface area contributed by atoms with E-state index in [9.17, 15) is 9.90 Å². The van der Waals surface area contributed by atoms with Crippen LogP contribution in [-0.4, -0.2) is 54.5 Å². The number of allylic oxidation sites excluding steroid dienone is 1. The highest BCUT2D eigenvalue weighted by atomic mass is 35.5. The number of amides is 1. The molecule has 5 atom stereocenters. The van der Waals surface area contributed by atoms with E-state index in [-0.39, 0.29) is 11.8 Å². The highest BCUT2D eigenvalue weighted by Gasteiger charge is 2.36. The molecule has 2 aliphatic heterocycles.